The molecule has 3 fully saturated rings. The van der Waals surface area contributed by atoms with Crippen LogP contribution >= 0.6 is 0 Å². The number of aliphatic hydroxyl groups excluding tert-OH is 1. The summed E-state index contributed by atoms with van der Waals surface area (Å²) in [5, 5.41) is 21.6. The van der Waals surface area contributed by atoms with Crippen LogP contribution in [0.1, 0.15) is 71.6 Å². The smallest absolute Gasteiger partial charge is 0.0735 e. The molecular formula is C19H30O2. The topological polar surface area (TPSA) is 40.5 Å². The van der Waals surface area contributed by atoms with Gasteiger partial charge in [-0.05, 0) is 80.5 Å². The van der Waals surface area contributed by atoms with E-state index in [0.717, 1.165) is 32.1 Å². The minimum atomic E-state index is -0.434. The lowest BCUT2D eigenvalue weighted by Crippen LogP contribution is -2.59. The monoisotopic (exact) mass is 290 g/mol. The minimum Gasteiger partial charge on any atom is -0.393 e. The van der Waals surface area contributed by atoms with Crippen LogP contribution in [0, 0.1) is 22.7 Å². The second-order valence-corrected chi connectivity index (χ2v) is 8.87. The quantitative estimate of drug-likeness (QED) is 0.666. The summed E-state index contributed by atoms with van der Waals surface area (Å²) in [6, 6.07) is 0. The molecule has 0 amide bonds. The van der Waals surface area contributed by atoms with Crippen LogP contribution in [0.2, 0.25) is 0 Å². The van der Waals surface area contributed by atoms with Crippen LogP contribution in [0.3, 0.4) is 0 Å². The van der Waals surface area contributed by atoms with Gasteiger partial charge in [0.1, 0.15) is 0 Å². The maximum Gasteiger partial charge on any atom is 0.0735 e. The molecule has 0 aliphatic heterocycles. The van der Waals surface area contributed by atoms with Gasteiger partial charge in [0.2, 0.25) is 0 Å². The molecule has 0 aromatic carbocycles. The maximum atomic E-state index is 11.5. The van der Waals surface area contributed by atoms with Crippen LogP contribution in [0.15, 0.2) is 11.6 Å². The van der Waals surface area contributed by atoms with E-state index in [1.165, 1.54) is 31.3 Å². The van der Waals surface area contributed by atoms with Crippen molar-refractivity contribution in [1.82, 2.24) is 0 Å². The number of hydrogen-bond donors (Lipinski definition) is 2. The Morgan fingerprint density at radius 3 is 2.67 bits per heavy atom. The number of aliphatic hydroxyl groups is 2. The van der Waals surface area contributed by atoms with Gasteiger partial charge >= 0.3 is 0 Å². The van der Waals surface area contributed by atoms with Gasteiger partial charge in [0.25, 0.3) is 0 Å². The third kappa shape index (κ3) is 1.72. The van der Waals surface area contributed by atoms with Gasteiger partial charge < -0.3 is 10.2 Å². The van der Waals surface area contributed by atoms with E-state index in [1.807, 2.05) is 0 Å². The van der Waals surface area contributed by atoms with Crippen molar-refractivity contribution in [2.45, 2.75) is 83.3 Å². The van der Waals surface area contributed by atoms with Gasteiger partial charge in [-0.15, -0.1) is 0 Å². The summed E-state index contributed by atoms with van der Waals surface area (Å²) in [6.07, 6.45) is 12.1. The highest BCUT2D eigenvalue weighted by Crippen LogP contribution is 2.66. The van der Waals surface area contributed by atoms with E-state index in [2.05, 4.69) is 19.9 Å². The predicted molar refractivity (Wildman–Crippen MR) is 83.8 cm³/mol. The van der Waals surface area contributed by atoms with Crippen LogP contribution in [0.4, 0.5) is 0 Å². The van der Waals surface area contributed by atoms with Gasteiger partial charge in [0.15, 0.2) is 0 Å². The zero-order chi connectivity index (χ0) is 14.9. The van der Waals surface area contributed by atoms with Crippen LogP contribution < -0.4 is 0 Å². The molecule has 2 N–H and O–H groups in total. The second kappa shape index (κ2) is 4.35. The molecule has 0 radical (unpaired) electrons. The summed E-state index contributed by atoms with van der Waals surface area (Å²) < 4.78 is 0. The average molecular weight is 290 g/mol. The third-order valence-corrected chi connectivity index (χ3v) is 8.06. The molecule has 0 unspecified atom stereocenters. The van der Waals surface area contributed by atoms with Gasteiger partial charge in [-0.25, -0.2) is 0 Å². The first-order chi connectivity index (χ1) is 9.89. The van der Waals surface area contributed by atoms with Crippen molar-refractivity contribution in [3.63, 3.8) is 0 Å². The second-order valence-electron chi connectivity index (χ2n) is 8.87. The number of hydrogen-bond acceptors (Lipinski definition) is 2. The summed E-state index contributed by atoms with van der Waals surface area (Å²) >= 11 is 0. The van der Waals surface area contributed by atoms with Gasteiger partial charge in [0, 0.05) is 0 Å². The highest BCUT2D eigenvalue weighted by atomic mass is 16.3. The fraction of sp³-hybridized carbons (Fsp3) is 0.895. The number of rotatable bonds is 0. The summed E-state index contributed by atoms with van der Waals surface area (Å²) in [5.74, 6) is 1.07. The lowest BCUT2D eigenvalue weighted by Gasteiger charge is -2.60. The fourth-order valence-electron chi connectivity index (χ4n) is 6.60. The van der Waals surface area contributed by atoms with Crippen LogP contribution in [-0.4, -0.2) is 21.9 Å². The third-order valence-electron chi connectivity index (χ3n) is 8.06. The summed E-state index contributed by atoms with van der Waals surface area (Å²) in [5.41, 5.74) is 1.45. The van der Waals surface area contributed by atoms with Crippen molar-refractivity contribution >= 4 is 0 Å². The lowest BCUT2D eigenvalue weighted by molar-refractivity contribution is -0.168. The maximum absolute atomic E-state index is 11.5. The molecule has 4 rings (SSSR count). The van der Waals surface area contributed by atoms with Crippen molar-refractivity contribution < 1.29 is 10.2 Å². The van der Waals surface area contributed by atoms with Crippen molar-refractivity contribution in [2.75, 3.05) is 0 Å². The molecule has 6 atom stereocenters. The zero-order valence-electron chi connectivity index (χ0n) is 13.6. The van der Waals surface area contributed by atoms with Gasteiger partial charge in [-0.3, -0.25) is 0 Å². The van der Waals surface area contributed by atoms with E-state index in [4.69, 9.17) is 0 Å². The number of fused-ring (bicyclic) bond motifs is 5. The minimum absolute atomic E-state index is 0.135. The summed E-state index contributed by atoms with van der Waals surface area (Å²) in [7, 11) is 0. The van der Waals surface area contributed by atoms with Crippen molar-refractivity contribution in [3.8, 4) is 0 Å². The molecule has 0 aromatic heterocycles. The average Bonchev–Trinajstić information content (AvgIpc) is 2.75. The molecule has 0 bridgehead atoms. The normalized spacial score (nSPS) is 56.2. The Balaban J connectivity index is 1.73. The number of allylic oxidation sites excluding steroid dienone is 1. The molecule has 3 saturated carbocycles. The standard InChI is InChI=1S/C19H30O2/c1-17-8-3-9-19(17,21)16-5-4-13-12-14(20)6-11-18(13,2)15(16)7-10-17/h4,14-16,20-21H,3,5-12H2,1-2H3/t14-,15-,16+,17+,18+,19-/m1/s1. The van der Waals surface area contributed by atoms with Crippen molar-refractivity contribution in [3.05, 3.63) is 11.6 Å². The van der Waals surface area contributed by atoms with E-state index in [-0.39, 0.29) is 16.9 Å². The lowest BCUT2D eigenvalue weighted by atomic mass is 9.46. The molecule has 21 heavy (non-hydrogen) atoms. The highest BCUT2D eigenvalue weighted by Gasteiger charge is 2.63. The Kier molecular flexibility index (Phi) is 2.96. The van der Waals surface area contributed by atoms with Crippen molar-refractivity contribution in [1.29, 1.82) is 0 Å². The Morgan fingerprint density at radius 2 is 1.86 bits per heavy atom. The van der Waals surface area contributed by atoms with Crippen LogP contribution in [0.5, 0.6) is 0 Å². The van der Waals surface area contributed by atoms with Gasteiger partial charge in [-0.1, -0.05) is 25.5 Å². The molecule has 2 heteroatoms. The first kappa shape index (κ1) is 14.3. The van der Waals surface area contributed by atoms with Crippen LogP contribution in [-0.2, 0) is 0 Å². The van der Waals surface area contributed by atoms with E-state index < -0.39 is 5.60 Å². The highest BCUT2D eigenvalue weighted by molar-refractivity contribution is 5.27. The zero-order valence-corrected chi connectivity index (χ0v) is 13.6. The summed E-state index contributed by atoms with van der Waals surface area (Å²) in [6.45, 7) is 4.75. The van der Waals surface area contributed by atoms with E-state index in [9.17, 15) is 10.2 Å². The largest absolute Gasteiger partial charge is 0.393 e. The molecule has 2 nitrogen and oxygen atoms in total. The molecule has 4 aliphatic carbocycles. The first-order valence-electron chi connectivity index (χ1n) is 8.99. The van der Waals surface area contributed by atoms with Crippen LogP contribution in [0.25, 0.3) is 0 Å². The molecule has 0 aromatic rings. The van der Waals surface area contributed by atoms with Gasteiger partial charge in [0.05, 0.1) is 11.7 Å². The molecule has 0 saturated heterocycles. The molecule has 118 valence electrons. The molecule has 4 aliphatic rings. The summed E-state index contributed by atoms with van der Waals surface area (Å²) in [4.78, 5) is 0. The Bertz CT molecular complexity index is 484. The predicted octanol–water partition coefficient (Wildman–Crippen LogP) is 3.82. The Hall–Kier alpha value is -0.340. The van der Waals surface area contributed by atoms with E-state index in [0.29, 0.717) is 11.8 Å². The SMILES string of the molecule is C[C@@]12CCC[C@@]1(O)[C@H]1CC=C3C[C@H](O)CC[C@]3(C)[C@@H]1CC2. The molecule has 0 heterocycles. The van der Waals surface area contributed by atoms with Crippen molar-refractivity contribution in [2.24, 2.45) is 22.7 Å². The van der Waals surface area contributed by atoms with E-state index >= 15 is 0 Å². The fourth-order valence-corrected chi connectivity index (χ4v) is 6.60. The first-order valence-corrected chi connectivity index (χ1v) is 8.99. The Morgan fingerprint density at radius 1 is 1.05 bits per heavy atom. The Labute approximate surface area is 128 Å². The molecule has 0 spiro atoms. The van der Waals surface area contributed by atoms with E-state index in [1.54, 1.807) is 0 Å². The molecular weight excluding hydrogens is 260 g/mol. The van der Waals surface area contributed by atoms with Gasteiger partial charge in [-0.2, -0.15) is 0 Å².